The highest BCUT2D eigenvalue weighted by Crippen LogP contribution is 2.30. The predicted molar refractivity (Wildman–Crippen MR) is 107 cm³/mol. The van der Waals surface area contributed by atoms with Gasteiger partial charge >= 0.3 is 5.97 Å². The standard InChI is InChI=1S/C21H26N2O6/c1-13-17(14(2)29-22-13)12-27-18-9-7-16(11-19(18)26-6)8-10-20(24)28-15(3)21(25)23(4)5/h7-11,15H,12H2,1-6H3/b10-8+/t15-/m0/s1. The zero-order valence-corrected chi connectivity index (χ0v) is 17.5. The molecule has 0 saturated carbocycles. The number of nitrogens with zero attached hydrogens (tertiary/aromatic N) is 2. The molecule has 29 heavy (non-hydrogen) atoms. The summed E-state index contributed by atoms with van der Waals surface area (Å²) in [6.07, 6.45) is 1.99. The van der Waals surface area contributed by atoms with E-state index < -0.39 is 12.1 Å². The maximum atomic E-state index is 11.9. The molecule has 0 aliphatic carbocycles. The molecule has 1 heterocycles. The first-order valence-corrected chi connectivity index (χ1v) is 9.05. The number of carbonyl (C=O) groups is 2. The smallest absolute Gasteiger partial charge is 0.331 e. The second-order valence-corrected chi connectivity index (χ2v) is 6.65. The molecule has 0 unspecified atom stereocenters. The van der Waals surface area contributed by atoms with Crippen LogP contribution >= 0.6 is 0 Å². The Balaban J connectivity index is 2.03. The number of esters is 1. The van der Waals surface area contributed by atoms with Gasteiger partial charge in [-0.1, -0.05) is 11.2 Å². The maximum absolute atomic E-state index is 11.9. The zero-order chi connectivity index (χ0) is 21.6. The molecule has 1 atom stereocenters. The van der Waals surface area contributed by atoms with E-state index in [0.29, 0.717) is 23.9 Å². The fourth-order valence-electron chi connectivity index (χ4n) is 2.56. The molecule has 8 nitrogen and oxygen atoms in total. The summed E-state index contributed by atoms with van der Waals surface area (Å²) in [5, 5.41) is 3.90. The van der Waals surface area contributed by atoms with Gasteiger partial charge in [0.15, 0.2) is 17.6 Å². The number of ether oxygens (including phenoxy) is 3. The number of amides is 1. The van der Waals surface area contributed by atoms with Gasteiger partial charge in [0.2, 0.25) is 0 Å². The normalized spacial score (nSPS) is 11.9. The zero-order valence-electron chi connectivity index (χ0n) is 17.5. The average molecular weight is 402 g/mol. The number of aromatic nitrogens is 1. The van der Waals surface area contributed by atoms with Gasteiger partial charge in [-0.3, -0.25) is 4.79 Å². The monoisotopic (exact) mass is 402 g/mol. The van der Waals surface area contributed by atoms with Crippen LogP contribution < -0.4 is 9.47 Å². The number of aryl methyl sites for hydroxylation is 2. The molecule has 0 saturated heterocycles. The van der Waals surface area contributed by atoms with E-state index >= 15 is 0 Å². The third kappa shape index (κ3) is 5.84. The molecule has 0 fully saturated rings. The average Bonchev–Trinajstić information content (AvgIpc) is 3.01. The fraction of sp³-hybridized carbons (Fsp3) is 0.381. The van der Waals surface area contributed by atoms with Crippen molar-refractivity contribution in [3.63, 3.8) is 0 Å². The summed E-state index contributed by atoms with van der Waals surface area (Å²) in [4.78, 5) is 25.0. The van der Waals surface area contributed by atoms with Crippen LogP contribution in [-0.2, 0) is 20.9 Å². The quantitative estimate of drug-likeness (QED) is 0.495. The number of methoxy groups -OCH3 is 1. The first-order valence-electron chi connectivity index (χ1n) is 9.05. The van der Waals surface area contributed by atoms with E-state index in [1.807, 2.05) is 13.8 Å². The van der Waals surface area contributed by atoms with Gasteiger partial charge in [0.25, 0.3) is 5.91 Å². The Hall–Kier alpha value is -3.29. The van der Waals surface area contributed by atoms with Gasteiger partial charge in [-0.15, -0.1) is 0 Å². The number of carbonyl (C=O) groups excluding carboxylic acids is 2. The van der Waals surface area contributed by atoms with E-state index in [1.54, 1.807) is 38.4 Å². The summed E-state index contributed by atoms with van der Waals surface area (Å²) in [5.74, 6) is 0.890. The molecule has 2 rings (SSSR count). The molecule has 0 spiro atoms. The van der Waals surface area contributed by atoms with Crippen molar-refractivity contribution in [1.82, 2.24) is 10.1 Å². The van der Waals surface area contributed by atoms with Crippen molar-refractivity contribution in [3.05, 3.63) is 46.9 Å². The maximum Gasteiger partial charge on any atom is 0.331 e. The lowest BCUT2D eigenvalue weighted by Gasteiger charge is -2.16. The van der Waals surface area contributed by atoms with Gasteiger partial charge in [-0.2, -0.15) is 0 Å². The second-order valence-electron chi connectivity index (χ2n) is 6.65. The van der Waals surface area contributed by atoms with E-state index in [1.165, 1.54) is 25.0 Å². The van der Waals surface area contributed by atoms with Crippen molar-refractivity contribution >= 4 is 18.0 Å². The molecular formula is C21H26N2O6. The SMILES string of the molecule is COc1cc(/C=C/C(=O)O[C@@H](C)C(=O)N(C)C)ccc1OCc1c(C)noc1C. The van der Waals surface area contributed by atoms with Crippen molar-refractivity contribution in [2.45, 2.75) is 33.5 Å². The topological polar surface area (TPSA) is 91.1 Å². The summed E-state index contributed by atoms with van der Waals surface area (Å²) in [6, 6.07) is 5.27. The highest BCUT2D eigenvalue weighted by molar-refractivity contribution is 5.90. The van der Waals surface area contributed by atoms with Gasteiger partial charge in [0.05, 0.1) is 18.4 Å². The van der Waals surface area contributed by atoms with Crippen molar-refractivity contribution in [2.24, 2.45) is 0 Å². The number of likely N-dealkylation sites (N-methyl/N-ethyl adjacent to an activating group) is 1. The summed E-state index contributed by atoms with van der Waals surface area (Å²) in [6.45, 7) is 5.52. The molecule has 1 aromatic carbocycles. The minimum absolute atomic E-state index is 0.284. The molecular weight excluding hydrogens is 376 g/mol. The Morgan fingerprint density at radius 3 is 2.55 bits per heavy atom. The van der Waals surface area contributed by atoms with Crippen molar-refractivity contribution in [1.29, 1.82) is 0 Å². The van der Waals surface area contributed by atoms with Gasteiger partial charge in [0.1, 0.15) is 12.4 Å². The van der Waals surface area contributed by atoms with Crippen LogP contribution in [0.5, 0.6) is 11.5 Å². The highest BCUT2D eigenvalue weighted by atomic mass is 16.5. The first-order chi connectivity index (χ1) is 13.7. The molecule has 0 aliphatic rings. The Kier molecular flexibility index (Phi) is 7.41. The Morgan fingerprint density at radius 1 is 1.24 bits per heavy atom. The van der Waals surface area contributed by atoms with Crippen LogP contribution in [0.25, 0.3) is 6.08 Å². The fourth-order valence-corrected chi connectivity index (χ4v) is 2.56. The lowest BCUT2D eigenvalue weighted by Crippen LogP contribution is -2.34. The van der Waals surface area contributed by atoms with Gasteiger partial charge in [0, 0.05) is 20.2 Å². The van der Waals surface area contributed by atoms with Crippen LogP contribution in [0.3, 0.4) is 0 Å². The summed E-state index contributed by atoms with van der Waals surface area (Å²) in [5.41, 5.74) is 2.39. The summed E-state index contributed by atoms with van der Waals surface area (Å²) >= 11 is 0. The molecule has 0 N–H and O–H groups in total. The number of rotatable bonds is 8. The third-order valence-electron chi connectivity index (χ3n) is 4.23. The molecule has 0 radical (unpaired) electrons. The van der Waals surface area contributed by atoms with Crippen molar-refractivity contribution in [3.8, 4) is 11.5 Å². The number of benzene rings is 1. The van der Waals surface area contributed by atoms with E-state index in [2.05, 4.69) is 5.16 Å². The minimum Gasteiger partial charge on any atom is -0.493 e. The van der Waals surface area contributed by atoms with Crippen LogP contribution in [0.15, 0.2) is 28.8 Å². The second kappa shape index (κ2) is 9.77. The predicted octanol–water partition coefficient (Wildman–Crippen LogP) is 2.91. The van der Waals surface area contributed by atoms with Crippen LogP contribution in [0.4, 0.5) is 0 Å². The molecule has 8 heteroatoms. The highest BCUT2D eigenvalue weighted by Gasteiger charge is 2.18. The van der Waals surface area contributed by atoms with Gasteiger partial charge < -0.3 is 23.6 Å². The van der Waals surface area contributed by atoms with Crippen LogP contribution in [0.1, 0.15) is 29.5 Å². The number of hydrogen-bond acceptors (Lipinski definition) is 7. The molecule has 1 amide bonds. The molecule has 2 aromatic rings. The van der Waals surface area contributed by atoms with Crippen LogP contribution in [0, 0.1) is 13.8 Å². The third-order valence-corrected chi connectivity index (χ3v) is 4.23. The van der Waals surface area contributed by atoms with E-state index in [-0.39, 0.29) is 5.91 Å². The molecule has 0 aliphatic heterocycles. The van der Waals surface area contributed by atoms with E-state index in [0.717, 1.165) is 16.8 Å². The first kappa shape index (κ1) is 22.0. The van der Waals surface area contributed by atoms with Crippen LogP contribution in [-0.4, -0.2) is 49.2 Å². The molecule has 1 aromatic heterocycles. The van der Waals surface area contributed by atoms with Crippen LogP contribution in [0.2, 0.25) is 0 Å². The van der Waals surface area contributed by atoms with Gasteiger partial charge in [-0.05, 0) is 44.5 Å². The van der Waals surface area contributed by atoms with Crippen molar-refractivity contribution < 1.29 is 28.3 Å². The Morgan fingerprint density at radius 2 is 1.97 bits per heavy atom. The van der Waals surface area contributed by atoms with E-state index in [9.17, 15) is 9.59 Å². The largest absolute Gasteiger partial charge is 0.493 e. The lowest BCUT2D eigenvalue weighted by atomic mass is 10.2. The minimum atomic E-state index is -0.850. The van der Waals surface area contributed by atoms with Gasteiger partial charge in [-0.25, -0.2) is 4.79 Å². The Bertz CT molecular complexity index is 881. The van der Waals surface area contributed by atoms with Crippen molar-refractivity contribution in [2.75, 3.05) is 21.2 Å². The lowest BCUT2D eigenvalue weighted by molar-refractivity contribution is -0.153. The molecule has 0 bridgehead atoms. The van der Waals surface area contributed by atoms with E-state index in [4.69, 9.17) is 18.7 Å². The Labute approximate surface area is 170 Å². The molecule has 156 valence electrons. The summed E-state index contributed by atoms with van der Waals surface area (Å²) < 4.78 is 21.4. The summed E-state index contributed by atoms with van der Waals surface area (Å²) in [7, 11) is 4.74. The number of hydrogen-bond donors (Lipinski definition) is 0.